The van der Waals surface area contributed by atoms with Crippen LogP contribution in [-0.2, 0) is 9.53 Å². The molecule has 0 amide bonds. The number of ether oxygens (including phenoxy) is 1. The molecule has 2 saturated carbocycles. The topological polar surface area (TPSA) is 46.5 Å². The van der Waals surface area contributed by atoms with E-state index in [9.17, 15) is 9.90 Å². The number of fused-ring (bicyclic) bond motifs is 2. The van der Waals surface area contributed by atoms with Gasteiger partial charge in [0, 0.05) is 0 Å². The molecule has 0 aromatic rings. The molecule has 2 rings (SSSR count). The maximum absolute atomic E-state index is 12.0. The Balaban J connectivity index is 2.19. The van der Waals surface area contributed by atoms with E-state index in [1.54, 1.807) is 6.92 Å². The molecule has 3 nitrogen and oxygen atoms in total. The van der Waals surface area contributed by atoms with Crippen LogP contribution in [0.25, 0.3) is 0 Å². The molecule has 0 saturated heterocycles. The summed E-state index contributed by atoms with van der Waals surface area (Å²) in [7, 11) is 0. The molecule has 3 heteroatoms. The first kappa shape index (κ1) is 11.9. The van der Waals surface area contributed by atoms with E-state index < -0.39 is 11.0 Å². The lowest BCUT2D eigenvalue weighted by molar-refractivity contribution is -0.178. The van der Waals surface area contributed by atoms with Gasteiger partial charge in [0.15, 0.2) is 0 Å². The van der Waals surface area contributed by atoms with Gasteiger partial charge in [0.2, 0.25) is 0 Å². The van der Waals surface area contributed by atoms with Crippen LogP contribution in [0.1, 0.15) is 46.5 Å². The minimum Gasteiger partial charge on any atom is -0.465 e. The highest BCUT2D eigenvalue weighted by Gasteiger charge is 2.60. The van der Waals surface area contributed by atoms with Gasteiger partial charge in [0.25, 0.3) is 0 Å². The summed E-state index contributed by atoms with van der Waals surface area (Å²) in [6.45, 7) is 5.84. The van der Waals surface area contributed by atoms with Crippen LogP contribution in [0.5, 0.6) is 0 Å². The molecule has 3 atom stereocenters. The highest BCUT2D eigenvalue weighted by Crippen LogP contribution is 2.57. The second kappa shape index (κ2) is 3.73. The summed E-state index contributed by atoms with van der Waals surface area (Å²) in [5.74, 6) is 0.644. The first-order chi connectivity index (χ1) is 7.41. The Morgan fingerprint density at radius 3 is 2.62 bits per heavy atom. The van der Waals surface area contributed by atoms with Gasteiger partial charge in [-0.2, -0.15) is 0 Å². The van der Waals surface area contributed by atoms with Gasteiger partial charge in [-0.1, -0.05) is 0 Å². The molecule has 0 aromatic carbocycles. The third kappa shape index (κ3) is 1.48. The molecule has 1 N–H and O–H groups in total. The third-order valence-electron chi connectivity index (χ3n) is 4.68. The summed E-state index contributed by atoms with van der Waals surface area (Å²) in [6.07, 6.45) is 4.12. The largest absolute Gasteiger partial charge is 0.465 e. The van der Waals surface area contributed by atoms with Crippen LogP contribution in [0.3, 0.4) is 0 Å². The number of rotatable bonds is 3. The van der Waals surface area contributed by atoms with E-state index in [-0.39, 0.29) is 11.9 Å². The fraction of sp³-hybridized carbons (Fsp3) is 0.923. The zero-order valence-corrected chi connectivity index (χ0v) is 10.5. The van der Waals surface area contributed by atoms with Crippen LogP contribution < -0.4 is 0 Å². The van der Waals surface area contributed by atoms with Crippen molar-refractivity contribution < 1.29 is 14.6 Å². The molecule has 16 heavy (non-hydrogen) atoms. The maximum atomic E-state index is 12.0. The average molecular weight is 226 g/mol. The summed E-state index contributed by atoms with van der Waals surface area (Å²) >= 11 is 0. The molecule has 0 aromatic heterocycles. The van der Waals surface area contributed by atoms with Crippen molar-refractivity contribution in [2.24, 2.45) is 17.3 Å². The van der Waals surface area contributed by atoms with Crippen molar-refractivity contribution in [3.63, 3.8) is 0 Å². The summed E-state index contributed by atoms with van der Waals surface area (Å²) < 4.78 is 5.09. The van der Waals surface area contributed by atoms with Crippen molar-refractivity contribution >= 4 is 5.97 Å². The number of hydrogen-bond acceptors (Lipinski definition) is 3. The first-order valence-corrected chi connectivity index (χ1v) is 6.31. The number of carbonyl (C=O) groups is 1. The normalized spacial score (nSPS) is 37.8. The van der Waals surface area contributed by atoms with E-state index >= 15 is 0 Å². The lowest BCUT2D eigenvalue weighted by Crippen LogP contribution is -2.53. The van der Waals surface area contributed by atoms with E-state index in [2.05, 4.69) is 0 Å². The fourth-order valence-electron chi connectivity index (χ4n) is 3.55. The van der Waals surface area contributed by atoms with E-state index in [1.165, 1.54) is 6.42 Å². The Bertz CT molecular complexity index is 298. The molecule has 2 aliphatic carbocycles. The SMILES string of the molecule is CCOC(=O)C(C)(C)C1(O)CC2CCC1C2. The molecule has 2 aliphatic rings. The second-order valence-electron chi connectivity index (χ2n) is 5.85. The molecule has 0 heterocycles. The molecule has 0 radical (unpaired) electrons. The van der Waals surface area contributed by atoms with Crippen LogP contribution >= 0.6 is 0 Å². The molecule has 2 bridgehead atoms. The van der Waals surface area contributed by atoms with Gasteiger partial charge in [0.05, 0.1) is 17.6 Å². The van der Waals surface area contributed by atoms with Crippen molar-refractivity contribution in [1.29, 1.82) is 0 Å². The first-order valence-electron chi connectivity index (χ1n) is 6.31. The Kier molecular flexibility index (Phi) is 2.77. The van der Waals surface area contributed by atoms with Crippen molar-refractivity contribution in [3.8, 4) is 0 Å². The lowest BCUT2D eigenvalue weighted by atomic mass is 9.66. The summed E-state index contributed by atoms with van der Waals surface area (Å²) in [6, 6.07) is 0. The Labute approximate surface area is 97.2 Å². The van der Waals surface area contributed by atoms with Crippen molar-refractivity contribution in [2.45, 2.75) is 52.1 Å². The van der Waals surface area contributed by atoms with Gasteiger partial charge in [-0.25, -0.2) is 0 Å². The van der Waals surface area contributed by atoms with Crippen LogP contribution in [-0.4, -0.2) is 23.3 Å². The molecule has 2 fully saturated rings. The molecular formula is C13H22O3. The Hall–Kier alpha value is -0.570. The summed E-state index contributed by atoms with van der Waals surface area (Å²) in [5.41, 5.74) is -1.62. The predicted molar refractivity (Wildman–Crippen MR) is 60.8 cm³/mol. The van der Waals surface area contributed by atoms with Gasteiger partial charge < -0.3 is 9.84 Å². The van der Waals surface area contributed by atoms with Crippen LogP contribution in [0, 0.1) is 17.3 Å². The van der Waals surface area contributed by atoms with Gasteiger partial charge in [-0.3, -0.25) is 4.79 Å². The summed E-state index contributed by atoms with van der Waals surface area (Å²) in [5, 5.41) is 10.8. The Morgan fingerprint density at radius 1 is 1.50 bits per heavy atom. The number of hydrogen-bond donors (Lipinski definition) is 1. The van der Waals surface area contributed by atoms with Gasteiger partial charge in [-0.05, 0) is 58.3 Å². The minimum atomic E-state index is -0.845. The lowest BCUT2D eigenvalue weighted by Gasteiger charge is -2.43. The van der Waals surface area contributed by atoms with Gasteiger partial charge >= 0.3 is 5.97 Å². The third-order valence-corrected chi connectivity index (χ3v) is 4.68. The maximum Gasteiger partial charge on any atom is 0.314 e. The number of aliphatic hydroxyl groups is 1. The standard InChI is InChI=1S/C13H22O3/c1-4-16-11(14)12(2,3)13(15)8-9-5-6-10(13)7-9/h9-10,15H,4-8H2,1-3H3. The fourth-order valence-corrected chi connectivity index (χ4v) is 3.55. The second-order valence-corrected chi connectivity index (χ2v) is 5.85. The average Bonchev–Trinajstić information content (AvgIpc) is 2.78. The monoisotopic (exact) mass is 226 g/mol. The van der Waals surface area contributed by atoms with Crippen molar-refractivity contribution in [3.05, 3.63) is 0 Å². The van der Waals surface area contributed by atoms with E-state index in [4.69, 9.17) is 4.74 Å². The molecular weight excluding hydrogens is 204 g/mol. The number of carbonyl (C=O) groups excluding carboxylic acids is 1. The van der Waals surface area contributed by atoms with E-state index in [0.717, 1.165) is 19.3 Å². The smallest absolute Gasteiger partial charge is 0.314 e. The molecule has 3 unspecified atom stereocenters. The highest BCUT2D eigenvalue weighted by atomic mass is 16.5. The van der Waals surface area contributed by atoms with Gasteiger partial charge in [0.1, 0.15) is 0 Å². The minimum absolute atomic E-state index is 0.259. The molecule has 92 valence electrons. The highest BCUT2D eigenvalue weighted by molar-refractivity contribution is 5.77. The zero-order valence-electron chi connectivity index (χ0n) is 10.5. The summed E-state index contributed by atoms with van der Waals surface area (Å²) in [4.78, 5) is 12.0. The molecule has 0 spiro atoms. The van der Waals surface area contributed by atoms with E-state index in [1.807, 2.05) is 13.8 Å². The van der Waals surface area contributed by atoms with Gasteiger partial charge in [-0.15, -0.1) is 0 Å². The van der Waals surface area contributed by atoms with E-state index in [0.29, 0.717) is 12.5 Å². The van der Waals surface area contributed by atoms with Crippen LogP contribution in [0.15, 0.2) is 0 Å². The number of esters is 1. The Morgan fingerprint density at radius 2 is 2.19 bits per heavy atom. The molecule has 0 aliphatic heterocycles. The quantitative estimate of drug-likeness (QED) is 0.750. The van der Waals surface area contributed by atoms with Crippen molar-refractivity contribution in [2.75, 3.05) is 6.61 Å². The van der Waals surface area contributed by atoms with Crippen molar-refractivity contribution in [1.82, 2.24) is 0 Å². The predicted octanol–water partition coefficient (Wildman–Crippen LogP) is 2.13. The van der Waals surface area contributed by atoms with Crippen LogP contribution in [0.4, 0.5) is 0 Å². The zero-order chi connectivity index (χ0) is 12.0. The van der Waals surface area contributed by atoms with Crippen LogP contribution in [0.2, 0.25) is 0 Å².